The van der Waals surface area contributed by atoms with Gasteiger partial charge in [-0.15, -0.1) is 0 Å². The van der Waals surface area contributed by atoms with E-state index in [1.54, 1.807) is 0 Å². The van der Waals surface area contributed by atoms with Gasteiger partial charge in [-0.25, -0.2) is 0 Å². The lowest BCUT2D eigenvalue weighted by Crippen LogP contribution is -2.30. The Bertz CT molecular complexity index is 381. The molecule has 19 heavy (non-hydrogen) atoms. The molecule has 1 aliphatic carbocycles. The smallest absolute Gasteiger partial charge is 0.119 e. The molecule has 1 nitrogen and oxygen atoms in total. The molecule has 1 fully saturated rings. The minimum atomic E-state index is 0.293. The van der Waals surface area contributed by atoms with Crippen molar-refractivity contribution in [1.82, 2.24) is 0 Å². The Morgan fingerprint density at radius 1 is 1.16 bits per heavy atom. The van der Waals surface area contributed by atoms with Crippen LogP contribution in [0.3, 0.4) is 0 Å². The van der Waals surface area contributed by atoms with E-state index in [-0.39, 0.29) is 0 Å². The molecule has 0 saturated heterocycles. The summed E-state index contributed by atoms with van der Waals surface area (Å²) in [7, 11) is 0. The highest BCUT2D eigenvalue weighted by Crippen LogP contribution is 2.36. The number of hydrogen-bond donors (Lipinski definition) is 1. The average Bonchev–Trinajstić information content (AvgIpc) is 2.71. The third kappa shape index (κ3) is 4.17. The Kier molecular flexibility index (Phi) is 5.62. The molecule has 0 atom stereocenters. The Morgan fingerprint density at radius 2 is 1.89 bits per heavy atom. The van der Waals surface area contributed by atoms with Crippen molar-refractivity contribution in [2.45, 2.75) is 51.9 Å². The molecule has 2 heteroatoms. The largest absolute Gasteiger partial charge is 0.493 e. The van der Waals surface area contributed by atoms with Crippen LogP contribution >= 0.6 is 12.6 Å². The van der Waals surface area contributed by atoms with E-state index in [1.165, 1.54) is 44.1 Å². The zero-order valence-electron chi connectivity index (χ0n) is 12.0. The van der Waals surface area contributed by atoms with Gasteiger partial charge in [0.15, 0.2) is 0 Å². The number of aryl methyl sites for hydroxylation is 1. The molecule has 1 aromatic rings. The highest BCUT2D eigenvalue weighted by atomic mass is 32.1. The Balaban J connectivity index is 1.98. The summed E-state index contributed by atoms with van der Waals surface area (Å²) in [6, 6.07) is 8.49. The van der Waals surface area contributed by atoms with Gasteiger partial charge in [-0.2, -0.15) is 12.6 Å². The summed E-state index contributed by atoms with van der Waals surface area (Å²) >= 11 is 4.60. The van der Waals surface area contributed by atoms with Crippen molar-refractivity contribution in [2.24, 2.45) is 5.41 Å². The second-order valence-electron chi connectivity index (χ2n) is 5.86. The third-order valence-corrected chi connectivity index (χ3v) is 5.02. The zero-order valence-corrected chi connectivity index (χ0v) is 12.9. The van der Waals surface area contributed by atoms with Gasteiger partial charge in [0.1, 0.15) is 5.75 Å². The van der Waals surface area contributed by atoms with Crippen LogP contribution in [0.4, 0.5) is 0 Å². The highest BCUT2D eigenvalue weighted by molar-refractivity contribution is 7.80. The first kappa shape index (κ1) is 14.8. The summed E-state index contributed by atoms with van der Waals surface area (Å²) in [6.07, 6.45) is 9.02. The molecule has 0 aromatic heterocycles. The monoisotopic (exact) mass is 278 g/mol. The van der Waals surface area contributed by atoms with E-state index in [4.69, 9.17) is 4.74 Å². The standard InChI is InChI=1S/C17H26OS/c1-2-15-8-7-9-16(12-15)18-13-17(14-19)10-5-3-4-6-11-17/h7-9,12,19H,2-6,10-11,13-14H2,1H3. The van der Waals surface area contributed by atoms with Crippen molar-refractivity contribution in [3.8, 4) is 5.75 Å². The van der Waals surface area contributed by atoms with Crippen molar-refractivity contribution in [1.29, 1.82) is 0 Å². The fraction of sp³-hybridized carbons (Fsp3) is 0.647. The molecule has 0 heterocycles. The SMILES string of the molecule is CCc1cccc(OCC2(CS)CCCCCC2)c1. The Hall–Kier alpha value is -0.630. The maximum Gasteiger partial charge on any atom is 0.119 e. The van der Waals surface area contributed by atoms with Gasteiger partial charge in [0, 0.05) is 5.41 Å². The van der Waals surface area contributed by atoms with Crippen LogP contribution in [0.15, 0.2) is 24.3 Å². The molecule has 1 aromatic carbocycles. The predicted octanol–water partition coefficient (Wildman–Crippen LogP) is 4.90. The maximum atomic E-state index is 6.09. The molecule has 0 N–H and O–H groups in total. The van der Waals surface area contributed by atoms with Crippen LogP contribution in [-0.2, 0) is 6.42 Å². The van der Waals surface area contributed by atoms with Gasteiger partial charge in [-0.3, -0.25) is 0 Å². The lowest BCUT2D eigenvalue weighted by atomic mass is 9.83. The van der Waals surface area contributed by atoms with Crippen molar-refractivity contribution >= 4 is 12.6 Å². The van der Waals surface area contributed by atoms with Gasteiger partial charge in [-0.1, -0.05) is 44.7 Å². The van der Waals surface area contributed by atoms with E-state index in [9.17, 15) is 0 Å². The quantitative estimate of drug-likeness (QED) is 0.595. The molecular formula is C17H26OS. The van der Waals surface area contributed by atoms with Crippen LogP contribution < -0.4 is 4.74 Å². The number of benzene rings is 1. The summed E-state index contributed by atoms with van der Waals surface area (Å²) in [5.41, 5.74) is 1.64. The topological polar surface area (TPSA) is 9.23 Å². The minimum Gasteiger partial charge on any atom is -0.493 e. The first-order chi connectivity index (χ1) is 9.28. The number of rotatable bonds is 5. The summed E-state index contributed by atoms with van der Waals surface area (Å²) in [5.74, 6) is 1.96. The van der Waals surface area contributed by atoms with Gasteiger partial charge in [-0.05, 0) is 42.7 Å². The zero-order chi connectivity index (χ0) is 13.6. The second kappa shape index (κ2) is 7.23. The number of thiol groups is 1. The van der Waals surface area contributed by atoms with Crippen LogP contribution in [0.25, 0.3) is 0 Å². The van der Waals surface area contributed by atoms with Crippen molar-refractivity contribution in [2.75, 3.05) is 12.4 Å². The minimum absolute atomic E-state index is 0.293. The van der Waals surface area contributed by atoms with Gasteiger partial charge in [0.25, 0.3) is 0 Å². The highest BCUT2D eigenvalue weighted by Gasteiger charge is 2.30. The predicted molar refractivity (Wildman–Crippen MR) is 85.3 cm³/mol. The van der Waals surface area contributed by atoms with E-state index in [2.05, 4.69) is 43.8 Å². The fourth-order valence-electron chi connectivity index (χ4n) is 2.92. The van der Waals surface area contributed by atoms with Crippen molar-refractivity contribution < 1.29 is 4.74 Å². The third-order valence-electron chi connectivity index (χ3n) is 4.35. The molecule has 1 saturated carbocycles. The Morgan fingerprint density at radius 3 is 2.53 bits per heavy atom. The average molecular weight is 278 g/mol. The van der Waals surface area contributed by atoms with Crippen LogP contribution in [0, 0.1) is 5.41 Å². The summed E-state index contributed by atoms with van der Waals surface area (Å²) in [4.78, 5) is 0. The lowest BCUT2D eigenvalue weighted by Gasteiger charge is -2.31. The molecule has 1 aliphatic rings. The van der Waals surface area contributed by atoms with Crippen LogP contribution in [0.2, 0.25) is 0 Å². The molecule has 0 amide bonds. The fourth-order valence-corrected chi connectivity index (χ4v) is 3.33. The molecular weight excluding hydrogens is 252 g/mol. The number of hydrogen-bond acceptors (Lipinski definition) is 2. The second-order valence-corrected chi connectivity index (χ2v) is 6.18. The lowest BCUT2D eigenvalue weighted by molar-refractivity contribution is 0.148. The number of ether oxygens (including phenoxy) is 1. The van der Waals surface area contributed by atoms with Gasteiger partial charge in [0.2, 0.25) is 0 Å². The van der Waals surface area contributed by atoms with Crippen molar-refractivity contribution in [3.05, 3.63) is 29.8 Å². The molecule has 0 spiro atoms. The van der Waals surface area contributed by atoms with Gasteiger partial charge < -0.3 is 4.74 Å². The molecule has 2 rings (SSSR count). The summed E-state index contributed by atoms with van der Waals surface area (Å²) in [5, 5.41) is 0. The van der Waals surface area contributed by atoms with E-state index in [1.807, 2.05) is 0 Å². The van der Waals surface area contributed by atoms with Gasteiger partial charge in [0.05, 0.1) is 6.61 Å². The van der Waals surface area contributed by atoms with Crippen molar-refractivity contribution in [3.63, 3.8) is 0 Å². The summed E-state index contributed by atoms with van der Waals surface area (Å²) in [6.45, 7) is 3.00. The van der Waals surface area contributed by atoms with E-state index >= 15 is 0 Å². The van der Waals surface area contributed by atoms with Crippen LogP contribution in [0.5, 0.6) is 5.75 Å². The van der Waals surface area contributed by atoms with E-state index < -0.39 is 0 Å². The maximum absolute atomic E-state index is 6.09. The Labute approximate surface area is 123 Å². The first-order valence-corrected chi connectivity index (χ1v) is 8.24. The normalized spacial score (nSPS) is 18.8. The molecule has 106 valence electrons. The molecule has 0 radical (unpaired) electrons. The molecule has 0 bridgehead atoms. The van der Waals surface area contributed by atoms with E-state index in [0.717, 1.165) is 24.5 Å². The molecule has 0 unspecified atom stereocenters. The van der Waals surface area contributed by atoms with E-state index in [0.29, 0.717) is 5.41 Å². The first-order valence-electron chi connectivity index (χ1n) is 7.61. The van der Waals surface area contributed by atoms with Crippen LogP contribution in [-0.4, -0.2) is 12.4 Å². The summed E-state index contributed by atoms with van der Waals surface area (Å²) < 4.78 is 6.09. The molecule has 0 aliphatic heterocycles. The van der Waals surface area contributed by atoms with Crippen LogP contribution in [0.1, 0.15) is 51.0 Å². The van der Waals surface area contributed by atoms with Gasteiger partial charge >= 0.3 is 0 Å².